The van der Waals surface area contributed by atoms with Gasteiger partial charge in [0.1, 0.15) is 0 Å². The van der Waals surface area contributed by atoms with Crippen molar-refractivity contribution in [2.24, 2.45) is 5.92 Å². The standard InChI is InChI=1S/C19H14F3N5OS/c20-19(21,22)13-2-1-3-15-16(13)25-18(29-15)27-8-11(9-27)17(28)24-12-5-4-10-7-23-26-14(10)6-12/h1-7,11H,8-9H2,(H,23,26)(H,24,28). The van der Waals surface area contributed by atoms with E-state index in [1.165, 1.54) is 17.4 Å². The van der Waals surface area contributed by atoms with Gasteiger partial charge in [0.15, 0.2) is 5.13 Å². The van der Waals surface area contributed by atoms with Gasteiger partial charge < -0.3 is 10.2 Å². The summed E-state index contributed by atoms with van der Waals surface area (Å²) < 4.78 is 40.0. The molecule has 0 aliphatic carbocycles. The molecule has 3 heterocycles. The normalized spacial score (nSPS) is 15.1. The van der Waals surface area contributed by atoms with E-state index >= 15 is 0 Å². The third-order valence-corrected chi connectivity index (χ3v) is 6.03. The highest BCUT2D eigenvalue weighted by Gasteiger charge is 2.37. The Morgan fingerprint density at radius 1 is 1.24 bits per heavy atom. The monoisotopic (exact) mass is 417 g/mol. The summed E-state index contributed by atoms with van der Waals surface area (Å²) in [6, 6.07) is 9.52. The van der Waals surface area contributed by atoms with Gasteiger partial charge in [-0.25, -0.2) is 4.98 Å². The number of thiazole rings is 1. The summed E-state index contributed by atoms with van der Waals surface area (Å²) >= 11 is 1.20. The van der Waals surface area contributed by atoms with Crippen LogP contribution in [0.15, 0.2) is 42.6 Å². The van der Waals surface area contributed by atoms with Crippen molar-refractivity contribution in [2.75, 3.05) is 23.3 Å². The van der Waals surface area contributed by atoms with Crippen LogP contribution in [0.5, 0.6) is 0 Å². The third-order valence-electron chi connectivity index (χ3n) is 4.95. The molecule has 5 rings (SSSR count). The van der Waals surface area contributed by atoms with Gasteiger partial charge in [0.2, 0.25) is 5.91 Å². The molecule has 1 fully saturated rings. The highest BCUT2D eigenvalue weighted by Crippen LogP contribution is 2.39. The molecule has 6 nitrogen and oxygen atoms in total. The Morgan fingerprint density at radius 2 is 2.07 bits per heavy atom. The Morgan fingerprint density at radius 3 is 2.86 bits per heavy atom. The lowest BCUT2D eigenvalue weighted by molar-refractivity contribution is -0.136. The molecule has 2 aromatic heterocycles. The Bertz CT molecular complexity index is 1230. The van der Waals surface area contributed by atoms with Gasteiger partial charge in [-0.1, -0.05) is 17.4 Å². The molecular weight excluding hydrogens is 403 g/mol. The van der Waals surface area contributed by atoms with Gasteiger partial charge >= 0.3 is 6.18 Å². The number of H-pyrrole nitrogens is 1. The number of halogens is 3. The molecule has 0 atom stereocenters. The average Bonchev–Trinajstić information content (AvgIpc) is 3.24. The van der Waals surface area contributed by atoms with Crippen LogP contribution in [0, 0.1) is 5.92 Å². The van der Waals surface area contributed by atoms with Crippen LogP contribution in [-0.2, 0) is 11.0 Å². The molecule has 148 valence electrons. The van der Waals surface area contributed by atoms with E-state index in [4.69, 9.17) is 0 Å². The van der Waals surface area contributed by atoms with Crippen LogP contribution < -0.4 is 10.2 Å². The van der Waals surface area contributed by atoms with E-state index in [9.17, 15) is 18.0 Å². The molecular formula is C19H14F3N5OS. The first-order valence-electron chi connectivity index (χ1n) is 8.84. The molecule has 2 aromatic carbocycles. The van der Waals surface area contributed by atoms with Crippen molar-refractivity contribution >= 4 is 49.2 Å². The zero-order chi connectivity index (χ0) is 20.2. The van der Waals surface area contributed by atoms with E-state index in [-0.39, 0.29) is 17.3 Å². The second-order valence-corrected chi connectivity index (χ2v) is 7.92. The number of hydrogen-bond acceptors (Lipinski definition) is 5. The number of carbonyl (C=O) groups excluding carboxylic acids is 1. The van der Waals surface area contributed by atoms with Crippen LogP contribution >= 0.6 is 11.3 Å². The lowest BCUT2D eigenvalue weighted by Gasteiger charge is -2.37. The molecule has 0 unspecified atom stereocenters. The summed E-state index contributed by atoms with van der Waals surface area (Å²) in [5, 5.41) is 11.1. The van der Waals surface area contributed by atoms with E-state index in [2.05, 4.69) is 20.5 Å². The first-order valence-corrected chi connectivity index (χ1v) is 9.66. The summed E-state index contributed by atoms with van der Waals surface area (Å²) in [6.45, 7) is 0.832. The highest BCUT2D eigenvalue weighted by atomic mass is 32.1. The summed E-state index contributed by atoms with van der Waals surface area (Å²) in [5.41, 5.74) is 0.718. The number of aromatic nitrogens is 3. The van der Waals surface area contributed by atoms with Gasteiger partial charge in [-0.3, -0.25) is 9.89 Å². The van der Waals surface area contributed by atoms with Gasteiger partial charge in [0.05, 0.1) is 33.4 Å². The Hall–Kier alpha value is -3.14. The molecule has 1 aliphatic heterocycles. The number of alkyl halides is 3. The number of anilines is 2. The number of nitrogens with zero attached hydrogens (tertiary/aromatic N) is 3. The van der Waals surface area contributed by atoms with Crippen LogP contribution in [0.4, 0.5) is 24.0 Å². The van der Waals surface area contributed by atoms with Crippen molar-refractivity contribution in [3.8, 4) is 0 Å². The maximum absolute atomic E-state index is 13.2. The molecule has 0 bridgehead atoms. The number of hydrogen-bond donors (Lipinski definition) is 2. The predicted molar refractivity (Wildman–Crippen MR) is 105 cm³/mol. The van der Waals surface area contributed by atoms with Crippen molar-refractivity contribution in [1.29, 1.82) is 0 Å². The number of carbonyl (C=O) groups is 1. The summed E-state index contributed by atoms with van der Waals surface area (Å²) in [4.78, 5) is 18.5. The predicted octanol–water partition coefficient (Wildman–Crippen LogP) is 4.27. The number of rotatable bonds is 3. The van der Waals surface area contributed by atoms with Gasteiger partial charge in [-0.2, -0.15) is 18.3 Å². The van der Waals surface area contributed by atoms with Crippen LogP contribution in [0.2, 0.25) is 0 Å². The van der Waals surface area contributed by atoms with Crippen LogP contribution in [0.25, 0.3) is 21.1 Å². The fraction of sp³-hybridized carbons (Fsp3) is 0.211. The maximum Gasteiger partial charge on any atom is 0.418 e. The minimum Gasteiger partial charge on any atom is -0.346 e. The molecule has 1 saturated heterocycles. The van der Waals surface area contributed by atoms with Crippen molar-refractivity contribution < 1.29 is 18.0 Å². The maximum atomic E-state index is 13.2. The van der Waals surface area contributed by atoms with Crippen molar-refractivity contribution in [3.05, 3.63) is 48.2 Å². The largest absolute Gasteiger partial charge is 0.418 e. The highest BCUT2D eigenvalue weighted by molar-refractivity contribution is 7.22. The Kier molecular flexibility index (Phi) is 3.98. The van der Waals surface area contributed by atoms with E-state index < -0.39 is 11.7 Å². The van der Waals surface area contributed by atoms with Gasteiger partial charge in [-0.15, -0.1) is 0 Å². The molecule has 1 amide bonds. The van der Waals surface area contributed by atoms with E-state index in [0.717, 1.165) is 17.0 Å². The lowest BCUT2D eigenvalue weighted by atomic mass is 10.00. The SMILES string of the molecule is O=C(Nc1ccc2cn[nH]c2c1)C1CN(c2nc3c(C(F)(F)F)cccc3s2)C1. The molecule has 1 aliphatic rings. The quantitative estimate of drug-likeness (QED) is 0.522. The third kappa shape index (κ3) is 3.19. The Labute approximate surface area is 166 Å². The smallest absolute Gasteiger partial charge is 0.346 e. The zero-order valence-electron chi connectivity index (χ0n) is 14.8. The van der Waals surface area contributed by atoms with E-state index in [0.29, 0.717) is 28.6 Å². The summed E-state index contributed by atoms with van der Waals surface area (Å²) in [7, 11) is 0. The van der Waals surface area contributed by atoms with Gasteiger partial charge in [0, 0.05) is 24.2 Å². The molecule has 29 heavy (non-hydrogen) atoms. The second kappa shape index (κ2) is 6.45. The fourth-order valence-corrected chi connectivity index (χ4v) is 4.37. The Balaban J connectivity index is 1.28. The van der Waals surface area contributed by atoms with E-state index in [1.807, 2.05) is 17.0 Å². The molecule has 0 saturated carbocycles. The lowest BCUT2D eigenvalue weighted by Crippen LogP contribution is -2.52. The number of aromatic amines is 1. The topological polar surface area (TPSA) is 73.9 Å². The minimum atomic E-state index is -4.45. The number of para-hydroxylation sites is 1. The van der Waals surface area contributed by atoms with Crippen LogP contribution in [0.1, 0.15) is 5.56 Å². The number of fused-ring (bicyclic) bond motifs is 2. The van der Waals surface area contributed by atoms with Crippen LogP contribution in [-0.4, -0.2) is 34.2 Å². The molecule has 0 spiro atoms. The summed E-state index contributed by atoms with van der Waals surface area (Å²) in [6.07, 6.45) is -2.75. The number of benzene rings is 2. The van der Waals surface area contributed by atoms with Crippen LogP contribution in [0.3, 0.4) is 0 Å². The first-order chi connectivity index (χ1) is 13.9. The molecule has 10 heteroatoms. The second-order valence-electron chi connectivity index (χ2n) is 6.91. The average molecular weight is 417 g/mol. The first kappa shape index (κ1) is 17.9. The molecule has 4 aromatic rings. The van der Waals surface area contributed by atoms with Gasteiger partial charge in [-0.05, 0) is 30.3 Å². The number of nitrogens with one attached hydrogen (secondary N) is 2. The molecule has 2 N–H and O–H groups in total. The fourth-order valence-electron chi connectivity index (χ4n) is 3.36. The van der Waals surface area contributed by atoms with E-state index in [1.54, 1.807) is 18.3 Å². The summed E-state index contributed by atoms with van der Waals surface area (Å²) in [5.74, 6) is -0.376. The molecule has 0 radical (unpaired) electrons. The van der Waals surface area contributed by atoms with Crippen molar-refractivity contribution in [2.45, 2.75) is 6.18 Å². The van der Waals surface area contributed by atoms with Crippen molar-refractivity contribution in [1.82, 2.24) is 15.2 Å². The van der Waals surface area contributed by atoms with Gasteiger partial charge in [0.25, 0.3) is 0 Å². The zero-order valence-corrected chi connectivity index (χ0v) is 15.6. The van der Waals surface area contributed by atoms with Crippen molar-refractivity contribution in [3.63, 3.8) is 0 Å². The number of amides is 1. The minimum absolute atomic E-state index is 0.0410.